The number of hydrogen-bond donors (Lipinski definition) is 3. The highest BCUT2D eigenvalue weighted by atomic mass is 16.2. The average molecular weight is 201 g/mol. The van der Waals surface area contributed by atoms with Gasteiger partial charge in [0.15, 0.2) is 0 Å². The van der Waals surface area contributed by atoms with E-state index in [0.717, 1.165) is 0 Å². The van der Waals surface area contributed by atoms with Gasteiger partial charge in [-0.15, -0.1) is 0 Å². The van der Waals surface area contributed by atoms with Crippen molar-refractivity contribution < 1.29 is 9.59 Å². The summed E-state index contributed by atoms with van der Waals surface area (Å²) < 4.78 is 0. The fraction of sp³-hybridized carbons (Fsp3) is 0.778. The zero-order valence-electron chi connectivity index (χ0n) is 8.96. The SMILES string of the molecule is CCNC(=O)CNC(=O)[C@@H](N)C(C)C. The van der Waals surface area contributed by atoms with E-state index in [4.69, 9.17) is 5.73 Å². The van der Waals surface area contributed by atoms with Crippen molar-refractivity contribution in [3.05, 3.63) is 0 Å². The second kappa shape index (κ2) is 6.37. The van der Waals surface area contributed by atoms with Crippen LogP contribution in [-0.2, 0) is 9.59 Å². The molecule has 0 aliphatic heterocycles. The van der Waals surface area contributed by atoms with E-state index in [1.807, 2.05) is 20.8 Å². The molecule has 0 rings (SSSR count). The summed E-state index contributed by atoms with van der Waals surface area (Å²) in [6.07, 6.45) is 0. The van der Waals surface area contributed by atoms with Crippen molar-refractivity contribution in [3.63, 3.8) is 0 Å². The van der Waals surface area contributed by atoms with E-state index >= 15 is 0 Å². The fourth-order valence-electron chi connectivity index (χ4n) is 0.848. The zero-order valence-corrected chi connectivity index (χ0v) is 8.96. The minimum absolute atomic E-state index is 0.00685. The van der Waals surface area contributed by atoms with Crippen LogP contribution in [0.2, 0.25) is 0 Å². The van der Waals surface area contributed by atoms with Crippen LogP contribution in [0.25, 0.3) is 0 Å². The number of rotatable bonds is 5. The minimum atomic E-state index is -0.551. The first-order chi connectivity index (χ1) is 6.49. The Bertz CT molecular complexity index is 204. The second-order valence-corrected chi connectivity index (χ2v) is 3.44. The van der Waals surface area contributed by atoms with E-state index in [-0.39, 0.29) is 24.3 Å². The summed E-state index contributed by atoms with van der Waals surface area (Å²) in [6, 6.07) is -0.551. The van der Waals surface area contributed by atoms with Gasteiger partial charge in [-0.2, -0.15) is 0 Å². The van der Waals surface area contributed by atoms with Crippen LogP contribution in [0.3, 0.4) is 0 Å². The Morgan fingerprint density at radius 1 is 1.29 bits per heavy atom. The Morgan fingerprint density at radius 2 is 1.86 bits per heavy atom. The lowest BCUT2D eigenvalue weighted by Gasteiger charge is -2.14. The largest absolute Gasteiger partial charge is 0.355 e. The maximum Gasteiger partial charge on any atom is 0.239 e. The number of carbonyl (C=O) groups is 2. The van der Waals surface area contributed by atoms with Crippen LogP contribution in [0.4, 0.5) is 0 Å². The van der Waals surface area contributed by atoms with Gasteiger partial charge >= 0.3 is 0 Å². The molecule has 0 aromatic heterocycles. The first kappa shape index (κ1) is 12.9. The first-order valence-electron chi connectivity index (χ1n) is 4.79. The molecule has 2 amide bonds. The van der Waals surface area contributed by atoms with Gasteiger partial charge in [0.25, 0.3) is 0 Å². The Morgan fingerprint density at radius 3 is 2.29 bits per heavy atom. The molecule has 0 unspecified atom stereocenters. The number of amides is 2. The third-order valence-electron chi connectivity index (χ3n) is 1.82. The van der Waals surface area contributed by atoms with Gasteiger partial charge in [-0.3, -0.25) is 9.59 Å². The van der Waals surface area contributed by atoms with Gasteiger partial charge in [0, 0.05) is 6.54 Å². The van der Waals surface area contributed by atoms with Crippen molar-refractivity contribution in [2.75, 3.05) is 13.1 Å². The molecule has 5 nitrogen and oxygen atoms in total. The lowest BCUT2D eigenvalue weighted by atomic mass is 10.1. The van der Waals surface area contributed by atoms with Crippen molar-refractivity contribution in [1.29, 1.82) is 0 Å². The Hall–Kier alpha value is -1.10. The molecule has 0 aliphatic rings. The monoisotopic (exact) mass is 201 g/mol. The molecule has 0 heterocycles. The van der Waals surface area contributed by atoms with Crippen LogP contribution in [0.15, 0.2) is 0 Å². The molecule has 1 atom stereocenters. The zero-order chi connectivity index (χ0) is 11.1. The average Bonchev–Trinajstić information content (AvgIpc) is 2.13. The van der Waals surface area contributed by atoms with E-state index in [0.29, 0.717) is 6.54 Å². The normalized spacial score (nSPS) is 12.4. The highest BCUT2D eigenvalue weighted by Crippen LogP contribution is 1.96. The van der Waals surface area contributed by atoms with E-state index in [9.17, 15) is 9.59 Å². The topological polar surface area (TPSA) is 84.2 Å². The molecule has 14 heavy (non-hydrogen) atoms. The van der Waals surface area contributed by atoms with Crippen LogP contribution in [0, 0.1) is 5.92 Å². The predicted molar refractivity (Wildman–Crippen MR) is 54.5 cm³/mol. The van der Waals surface area contributed by atoms with Crippen LogP contribution in [0.5, 0.6) is 0 Å². The van der Waals surface area contributed by atoms with Gasteiger partial charge in [0.1, 0.15) is 0 Å². The quantitative estimate of drug-likeness (QED) is 0.545. The Balaban J connectivity index is 3.79. The summed E-state index contributed by atoms with van der Waals surface area (Å²) in [6.45, 7) is 6.09. The maximum atomic E-state index is 11.3. The summed E-state index contributed by atoms with van der Waals surface area (Å²) >= 11 is 0. The standard InChI is InChI=1S/C9H19N3O2/c1-4-11-7(13)5-12-9(14)8(10)6(2)3/h6,8H,4-5,10H2,1-3H3,(H,11,13)(H,12,14)/t8-/m0/s1. The molecule has 0 aromatic carbocycles. The number of carbonyl (C=O) groups excluding carboxylic acids is 2. The van der Waals surface area contributed by atoms with Crippen molar-refractivity contribution in [2.24, 2.45) is 11.7 Å². The second-order valence-electron chi connectivity index (χ2n) is 3.44. The molecule has 0 aromatic rings. The molecular formula is C9H19N3O2. The number of hydrogen-bond acceptors (Lipinski definition) is 3. The summed E-state index contributed by atoms with van der Waals surface area (Å²) in [5, 5.41) is 5.05. The van der Waals surface area contributed by atoms with Crippen LogP contribution >= 0.6 is 0 Å². The van der Waals surface area contributed by atoms with Gasteiger partial charge < -0.3 is 16.4 Å². The molecule has 0 aliphatic carbocycles. The number of nitrogens with one attached hydrogen (secondary N) is 2. The number of nitrogens with two attached hydrogens (primary N) is 1. The van der Waals surface area contributed by atoms with Gasteiger partial charge in [0.05, 0.1) is 12.6 Å². The number of likely N-dealkylation sites (N-methyl/N-ethyl adjacent to an activating group) is 1. The third kappa shape index (κ3) is 4.81. The van der Waals surface area contributed by atoms with Crippen LogP contribution < -0.4 is 16.4 Å². The van der Waals surface area contributed by atoms with Crippen molar-refractivity contribution in [3.8, 4) is 0 Å². The van der Waals surface area contributed by atoms with E-state index < -0.39 is 6.04 Å². The highest BCUT2D eigenvalue weighted by Gasteiger charge is 2.17. The maximum absolute atomic E-state index is 11.3. The Kier molecular flexibility index (Phi) is 5.87. The van der Waals surface area contributed by atoms with Crippen LogP contribution in [0.1, 0.15) is 20.8 Å². The summed E-state index contributed by atoms with van der Waals surface area (Å²) in [5.74, 6) is -0.410. The predicted octanol–water partition coefficient (Wildman–Crippen LogP) is -0.778. The van der Waals surface area contributed by atoms with Gasteiger partial charge in [-0.1, -0.05) is 13.8 Å². The lowest BCUT2D eigenvalue weighted by Crippen LogP contribution is -2.47. The lowest BCUT2D eigenvalue weighted by molar-refractivity contribution is -0.127. The summed E-state index contributed by atoms with van der Waals surface area (Å²) in [7, 11) is 0. The van der Waals surface area contributed by atoms with Gasteiger partial charge in [-0.25, -0.2) is 0 Å². The molecule has 82 valence electrons. The molecule has 0 fully saturated rings. The van der Waals surface area contributed by atoms with E-state index in [1.165, 1.54) is 0 Å². The molecule has 0 bridgehead atoms. The Labute approximate surface area is 84.4 Å². The first-order valence-corrected chi connectivity index (χ1v) is 4.79. The van der Waals surface area contributed by atoms with E-state index in [1.54, 1.807) is 0 Å². The highest BCUT2D eigenvalue weighted by molar-refractivity contribution is 5.87. The molecule has 4 N–H and O–H groups in total. The minimum Gasteiger partial charge on any atom is -0.355 e. The third-order valence-corrected chi connectivity index (χ3v) is 1.82. The molecule has 0 spiro atoms. The molecular weight excluding hydrogens is 182 g/mol. The van der Waals surface area contributed by atoms with Gasteiger partial charge in [0.2, 0.25) is 11.8 Å². The molecule has 0 radical (unpaired) electrons. The molecule has 5 heteroatoms. The van der Waals surface area contributed by atoms with Crippen molar-refractivity contribution in [2.45, 2.75) is 26.8 Å². The fourth-order valence-corrected chi connectivity index (χ4v) is 0.848. The molecule has 0 saturated heterocycles. The summed E-state index contributed by atoms with van der Waals surface area (Å²) in [5.41, 5.74) is 5.58. The van der Waals surface area contributed by atoms with Gasteiger partial charge in [-0.05, 0) is 12.8 Å². The molecule has 0 saturated carbocycles. The van der Waals surface area contributed by atoms with Crippen molar-refractivity contribution >= 4 is 11.8 Å². The van der Waals surface area contributed by atoms with Crippen LogP contribution in [-0.4, -0.2) is 30.9 Å². The summed E-state index contributed by atoms with van der Waals surface area (Å²) in [4.78, 5) is 22.3. The van der Waals surface area contributed by atoms with Crippen molar-refractivity contribution in [1.82, 2.24) is 10.6 Å². The smallest absolute Gasteiger partial charge is 0.239 e. The van der Waals surface area contributed by atoms with E-state index in [2.05, 4.69) is 10.6 Å².